The van der Waals surface area contributed by atoms with Crippen LogP contribution >= 0.6 is 0 Å². The second-order valence-corrected chi connectivity index (χ2v) is 4.33. The van der Waals surface area contributed by atoms with Gasteiger partial charge in [0.15, 0.2) is 5.58 Å². The summed E-state index contributed by atoms with van der Waals surface area (Å²) in [6, 6.07) is 15.6. The minimum absolute atomic E-state index is 0.277. The predicted molar refractivity (Wildman–Crippen MR) is 75.6 cm³/mol. The van der Waals surface area contributed by atoms with E-state index < -0.39 is 0 Å². The Morgan fingerprint density at radius 2 is 1.84 bits per heavy atom. The normalized spacial score (nSPS) is 11.9. The minimum Gasteiger partial charge on any atom is -0.422 e. The molecule has 0 spiro atoms. The Morgan fingerprint density at radius 3 is 2.58 bits per heavy atom. The van der Waals surface area contributed by atoms with Crippen LogP contribution < -0.4 is 5.73 Å². The van der Waals surface area contributed by atoms with E-state index in [0.29, 0.717) is 11.4 Å². The maximum Gasteiger partial charge on any atom is 0.324 e. The highest BCUT2D eigenvalue weighted by Crippen LogP contribution is 2.20. The molecule has 0 atom stereocenters. The first-order valence-electron chi connectivity index (χ1n) is 5.99. The predicted octanol–water partition coefficient (Wildman–Crippen LogP) is 3.17. The average molecular weight is 251 g/mol. The maximum atomic E-state index is 5.95. The van der Waals surface area contributed by atoms with Gasteiger partial charge in [0.1, 0.15) is 11.4 Å². The zero-order valence-electron chi connectivity index (χ0n) is 10.5. The Bertz CT molecular complexity index is 708. The zero-order valence-corrected chi connectivity index (χ0v) is 10.5. The van der Waals surface area contributed by atoms with Gasteiger partial charge < -0.3 is 10.2 Å². The molecule has 0 amide bonds. The molecule has 1 heterocycles. The monoisotopic (exact) mass is 251 g/mol. The van der Waals surface area contributed by atoms with E-state index in [9.17, 15) is 0 Å². The van der Waals surface area contributed by atoms with Crippen molar-refractivity contribution in [2.45, 2.75) is 6.92 Å². The molecule has 3 aromatic rings. The number of hydrogen-bond acceptors (Lipinski definition) is 3. The van der Waals surface area contributed by atoms with E-state index in [-0.39, 0.29) is 6.01 Å². The number of benzene rings is 2. The first-order valence-corrected chi connectivity index (χ1v) is 5.99. The van der Waals surface area contributed by atoms with Crippen molar-refractivity contribution in [3.05, 3.63) is 59.7 Å². The van der Waals surface area contributed by atoms with Gasteiger partial charge in [-0.3, -0.25) is 0 Å². The fraction of sp³-hybridized carbons (Fsp3) is 0.0667. The molecule has 0 fully saturated rings. The van der Waals surface area contributed by atoms with Crippen LogP contribution in [0, 0.1) is 6.92 Å². The number of oxazole rings is 1. The van der Waals surface area contributed by atoms with Crippen LogP contribution in [0.4, 0.5) is 6.01 Å². The first kappa shape index (κ1) is 11.5. The molecule has 0 aliphatic rings. The van der Waals surface area contributed by atoms with Crippen LogP contribution in [0.1, 0.15) is 11.1 Å². The molecule has 4 nitrogen and oxygen atoms in total. The van der Waals surface area contributed by atoms with Crippen molar-refractivity contribution >= 4 is 22.9 Å². The van der Waals surface area contributed by atoms with Crippen LogP contribution in [0.2, 0.25) is 0 Å². The summed E-state index contributed by atoms with van der Waals surface area (Å²) in [5, 5.41) is 0. The lowest BCUT2D eigenvalue weighted by Crippen LogP contribution is -2.12. The standard InChI is InChI=1S/C15H13N3O/c1-10-6-8-11(9-7-10)14(16)18-15-17-12-4-2-3-5-13(12)19-15/h2-9H,1H3,(H2,16,17,18). The van der Waals surface area contributed by atoms with Gasteiger partial charge in [0.05, 0.1) is 0 Å². The number of para-hydroxylation sites is 2. The number of aryl methyl sites for hydroxylation is 1. The molecule has 0 unspecified atom stereocenters. The van der Waals surface area contributed by atoms with E-state index in [1.165, 1.54) is 5.56 Å². The fourth-order valence-electron chi connectivity index (χ4n) is 1.80. The summed E-state index contributed by atoms with van der Waals surface area (Å²) in [5.41, 5.74) is 9.46. The number of aliphatic imine (C=N–C) groups is 1. The second kappa shape index (κ2) is 4.57. The maximum absolute atomic E-state index is 5.95. The summed E-state index contributed by atoms with van der Waals surface area (Å²) < 4.78 is 5.51. The van der Waals surface area contributed by atoms with Crippen LogP contribution in [-0.2, 0) is 0 Å². The molecule has 2 aromatic carbocycles. The minimum atomic E-state index is 0.277. The van der Waals surface area contributed by atoms with Gasteiger partial charge in [-0.15, -0.1) is 0 Å². The summed E-state index contributed by atoms with van der Waals surface area (Å²) in [6.45, 7) is 2.03. The number of nitrogens with zero attached hydrogens (tertiary/aromatic N) is 2. The van der Waals surface area contributed by atoms with Crippen LogP contribution in [0.3, 0.4) is 0 Å². The van der Waals surface area contributed by atoms with Crippen LogP contribution in [-0.4, -0.2) is 10.8 Å². The van der Waals surface area contributed by atoms with E-state index in [1.807, 2.05) is 55.5 Å². The number of hydrogen-bond donors (Lipinski definition) is 1. The Balaban J connectivity index is 1.97. The highest BCUT2D eigenvalue weighted by atomic mass is 16.4. The molecular weight excluding hydrogens is 238 g/mol. The van der Waals surface area contributed by atoms with Gasteiger partial charge in [0, 0.05) is 5.56 Å². The molecule has 1 aromatic heterocycles. The van der Waals surface area contributed by atoms with Crippen molar-refractivity contribution in [1.29, 1.82) is 0 Å². The Hall–Kier alpha value is -2.62. The molecule has 19 heavy (non-hydrogen) atoms. The highest BCUT2D eigenvalue weighted by molar-refractivity contribution is 5.98. The average Bonchev–Trinajstić information content (AvgIpc) is 2.81. The lowest BCUT2D eigenvalue weighted by atomic mass is 10.1. The van der Waals surface area contributed by atoms with Crippen LogP contribution in [0.25, 0.3) is 11.1 Å². The van der Waals surface area contributed by atoms with Crippen LogP contribution in [0.15, 0.2) is 57.9 Å². The molecule has 0 aliphatic carbocycles. The highest BCUT2D eigenvalue weighted by Gasteiger charge is 2.05. The van der Waals surface area contributed by atoms with Gasteiger partial charge in [-0.1, -0.05) is 42.0 Å². The van der Waals surface area contributed by atoms with Gasteiger partial charge in [-0.05, 0) is 19.1 Å². The van der Waals surface area contributed by atoms with E-state index in [0.717, 1.165) is 11.1 Å². The first-order chi connectivity index (χ1) is 9.22. The fourth-order valence-corrected chi connectivity index (χ4v) is 1.80. The molecular formula is C15H13N3O. The zero-order chi connectivity index (χ0) is 13.2. The van der Waals surface area contributed by atoms with Crippen LogP contribution in [0.5, 0.6) is 0 Å². The third kappa shape index (κ3) is 2.33. The third-order valence-electron chi connectivity index (χ3n) is 2.85. The van der Waals surface area contributed by atoms with E-state index >= 15 is 0 Å². The number of amidine groups is 1. The molecule has 0 aliphatic heterocycles. The Kier molecular flexibility index (Phi) is 2.76. The molecule has 0 bridgehead atoms. The molecule has 0 saturated heterocycles. The van der Waals surface area contributed by atoms with E-state index in [2.05, 4.69) is 9.98 Å². The molecule has 0 saturated carbocycles. The summed E-state index contributed by atoms with van der Waals surface area (Å²) in [4.78, 5) is 8.47. The number of rotatable bonds is 2. The number of aromatic nitrogens is 1. The largest absolute Gasteiger partial charge is 0.422 e. The molecule has 94 valence electrons. The Morgan fingerprint density at radius 1 is 1.11 bits per heavy atom. The van der Waals surface area contributed by atoms with Gasteiger partial charge in [-0.2, -0.15) is 9.98 Å². The van der Waals surface area contributed by atoms with E-state index in [4.69, 9.17) is 10.2 Å². The van der Waals surface area contributed by atoms with Crippen molar-refractivity contribution < 1.29 is 4.42 Å². The summed E-state index contributed by atoms with van der Waals surface area (Å²) >= 11 is 0. The summed E-state index contributed by atoms with van der Waals surface area (Å²) in [7, 11) is 0. The lowest BCUT2D eigenvalue weighted by Gasteiger charge is -1.99. The second-order valence-electron chi connectivity index (χ2n) is 4.33. The van der Waals surface area contributed by atoms with Crippen molar-refractivity contribution in [2.24, 2.45) is 10.7 Å². The molecule has 2 N–H and O–H groups in total. The quantitative estimate of drug-likeness (QED) is 0.562. The van der Waals surface area contributed by atoms with Gasteiger partial charge >= 0.3 is 6.01 Å². The smallest absolute Gasteiger partial charge is 0.324 e. The van der Waals surface area contributed by atoms with Crippen molar-refractivity contribution in [3.8, 4) is 0 Å². The SMILES string of the molecule is Cc1ccc(/C(N)=N/c2nc3ccccc3o2)cc1. The molecule has 3 rings (SSSR count). The van der Waals surface area contributed by atoms with Gasteiger partial charge in [0.25, 0.3) is 0 Å². The van der Waals surface area contributed by atoms with Crippen molar-refractivity contribution in [1.82, 2.24) is 4.98 Å². The van der Waals surface area contributed by atoms with Gasteiger partial charge in [-0.25, -0.2) is 0 Å². The van der Waals surface area contributed by atoms with E-state index in [1.54, 1.807) is 0 Å². The number of nitrogens with two attached hydrogens (primary N) is 1. The molecule has 4 heteroatoms. The van der Waals surface area contributed by atoms with Gasteiger partial charge in [0.2, 0.25) is 0 Å². The number of fused-ring (bicyclic) bond motifs is 1. The summed E-state index contributed by atoms with van der Waals surface area (Å²) in [6.07, 6.45) is 0. The Labute approximate surface area is 110 Å². The topological polar surface area (TPSA) is 64.4 Å². The lowest BCUT2D eigenvalue weighted by molar-refractivity contribution is 0.613. The van der Waals surface area contributed by atoms with Crippen molar-refractivity contribution in [2.75, 3.05) is 0 Å². The third-order valence-corrected chi connectivity index (χ3v) is 2.85. The summed E-state index contributed by atoms with van der Waals surface area (Å²) in [5.74, 6) is 0.395. The van der Waals surface area contributed by atoms with Crippen molar-refractivity contribution in [3.63, 3.8) is 0 Å². The molecule has 0 radical (unpaired) electrons.